The van der Waals surface area contributed by atoms with Gasteiger partial charge in [0.2, 0.25) is 0 Å². The number of β-amino-alcohol motifs (C(OH)–C–C–N with tert-alkyl or cyclic N) is 1. The van der Waals surface area contributed by atoms with Crippen LogP contribution in [0.25, 0.3) is 20.7 Å². The van der Waals surface area contributed by atoms with Crippen LogP contribution in [0.2, 0.25) is 0 Å². The lowest BCUT2D eigenvalue weighted by atomic mass is 10.2. The van der Waals surface area contributed by atoms with Crippen molar-refractivity contribution >= 4 is 38.7 Å². The topological polar surface area (TPSA) is 49.2 Å². The Morgan fingerprint density at radius 3 is 2.95 bits per heavy atom. The van der Waals surface area contributed by atoms with Crippen LogP contribution in [0.3, 0.4) is 0 Å². The van der Waals surface area contributed by atoms with Gasteiger partial charge in [0.1, 0.15) is 16.5 Å². The summed E-state index contributed by atoms with van der Waals surface area (Å²) in [5.41, 5.74) is 1.21. The molecule has 3 aromatic heterocycles. The summed E-state index contributed by atoms with van der Waals surface area (Å²) in [5.74, 6) is 1.76. The summed E-state index contributed by atoms with van der Waals surface area (Å²) < 4.78 is 0. The first-order valence-electron chi connectivity index (χ1n) is 6.95. The van der Waals surface area contributed by atoms with Crippen LogP contribution in [0.4, 0.5) is 5.82 Å². The summed E-state index contributed by atoms with van der Waals surface area (Å²) in [6.45, 7) is 3.44. The first-order chi connectivity index (χ1) is 10.2. The molecule has 1 atom stereocenters. The van der Waals surface area contributed by atoms with E-state index in [1.165, 1.54) is 10.4 Å². The van der Waals surface area contributed by atoms with Gasteiger partial charge in [-0.25, -0.2) is 9.97 Å². The normalized spacial score (nSPS) is 18.8. The van der Waals surface area contributed by atoms with Gasteiger partial charge in [-0.3, -0.25) is 0 Å². The van der Waals surface area contributed by atoms with E-state index in [0.717, 1.165) is 34.8 Å². The van der Waals surface area contributed by atoms with E-state index in [9.17, 15) is 5.11 Å². The van der Waals surface area contributed by atoms with Gasteiger partial charge in [-0.05, 0) is 24.8 Å². The van der Waals surface area contributed by atoms with Crippen molar-refractivity contribution in [3.05, 3.63) is 28.7 Å². The molecule has 3 aromatic rings. The summed E-state index contributed by atoms with van der Waals surface area (Å²) in [6.07, 6.45) is 0.558. The van der Waals surface area contributed by atoms with E-state index in [1.807, 2.05) is 6.92 Å². The van der Waals surface area contributed by atoms with Crippen LogP contribution in [-0.2, 0) is 0 Å². The molecule has 21 heavy (non-hydrogen) atoms. The Bertz CT molecular complexity index is 782. The molecule has 1 aliphatic rings. The lowest BCUT2D eigenvalue weighted by Crippen LogP contribution is -2.22. The van der Waals surface area contributed by atoms with Crippen molar-refractivity contribution in [2.45, 2.75) is 19.4 Å². The molecule has 1 N–H and O–H groups in total. The van der Waals surface area contributed by atoms with Gasteiger partial charge in [0.15, 0.2) is 0 Å². The van der Waals surface area contributed by atoms with Crippen molar-refractivity contribution in [2.75, 3.05) is 18.0 Å². The van der Waals surface area contributed by atoms with Crippen LogP contribution in [-0.4, -0.2) is 34.3 Å². The van der Waals surface area contributed by atoms with Crippen molar-refractivity contribution in [3.8, 4) is 10.4 Å². The van der Waals surface area contributed by atoms with Gasteiger partial charge in [0.05, 0.1) is 11.5 Å². The second-order valence-electron chi connectivity index (χ2n) is 5.29. The monoisotopic (exact) mass is 317 g/mol. The molecule has 0 aromatic carbocycles. The standard InChI is InChI=1S/C15H15N3OS2/c1-9-16-14(18-5-4-10(19)7-18)13-11(8-21-15(13)17-9)12-3-2-6-20-12/h2-3,6,8,10,19H,4-5,7H2,1H3/t10-/m0/s1. The molecule has 0 bridgehead atoms. The Morgan fingerprint density at radius 1 is 1.33 bits per heavy atom. The Kier molecular flexibility index (Phi) is 3.17. The Morgan fingerprint density at radius 2 is 2.24 bits per heavy atom. The van der Waals surface area contributed by atoms with E-state index >= 15 is 0 Å². The van der Waals surface area contributed by atoms with Crippen LogP contribution in [0.15, 0.2) is 22.9 Å². The third-order valence-corrected chi connectivity index (χ3v) is 5.55. The van der Waals surface area contributed by atoms with Gasteiger partial charge < -0.3 is 10.0 Å². The largest absolute Gasteiger partial charge is 0.391 e. The highest BCUT2D eigenvalue weighted by atomic mass is 32.1. The average molecular weight is 317 g/mol. The third kappa shape index (κ3) is 2.23. The van der Waals surface area contributed by atoms with E-state index in [-0.39, 0.29) is 6.10 Å². The highest BCUT2D eigenvalue weighted by Crippen LogP contribution is 2.40. The number of anilines is 1. The second kappa shape index (κ2) is 5.05. The number of nitrogens with zero attached hydrogens (tertiary/aromatic N) is 3. The molecule has 0 spiro atoms. The zero-order valence-electron chi connectivity index (χ0n) is 11.6. The van der Waals surface area contributed by atoms with E-state index in [1.54, 1.807) is 22.7 Å². The predicted octanol–water partition coefficient (Wildman–Crippen LogP) is 3.30. The van der Waals surface area contributed by atoms with Crippen molar-refractivity contribution in [3.63, 3.8) is 0 Å². The number of rotatable bonds is 2. The molecular formula is C15H15N3OS2. The molecule has 1 aliphatic heterocycles. The van der Waals surface area contributed by atoms with Gasteiger partial charge in [0, 0.05) is 28.9 Å². The SMILES string of the molecule is Cc1nc(N2CC[C@H](O)C2)c2c(-c3cccs3)csc2n1. The van der Waals surface area contributed by atoms with Gasteiger partial charge in [-0.1, -0.05) is 6.07 Å². The molecule has 4 rings (SSSR count). The molecule has 4 nitrogen and oxygen atoms in total. The number of aliphatic hydroxyl groups is 1. The number of hydrogen-bond donors (Lipinski definition) is 1. The first-order valence-corrected chi connectivity index (χ1v) is 8.71. The number of fused-ring (bicyclic) bond motifs is 1. The molecule has 0 unspecified atom stereocenters. The predicted molar refractivity (Wildman–Crippen MR) is 88.3 cm³/mol. The smallest absolute Gasteiger partial charge is 0.141 e. The van der Waals surface area contributed by atoms with Crippen LogP contribution in [0, 0.1) is 6.92 Å². The molecule has 0 radical (unpaired) electrons. The lowest BCUT2D eigenvalue weighted by Gasteiger charge is -2.18. The quantitative estimate of drug-likeness (QED) is 0.788. The molecule has 4 heterocycles. The number of hydrogen-bond acceptors (Lipinski definition) is 6. The molecule has 1 fully saturated rings. The summed E-state index contributed by atoms with van der Waals surface area (Å²) in [4.78, 5) is 13.7. The van der Waals surface area contributed by atoms with E-state index < -0.39 is 0 Å². The highest BCUT2D eigenvalue weighted by Gasteiger charge is 2.25. The zero-order chi connectivity index (χ0) is 14.4. The molecule has 6 heteroatoms. The summed E-state index contributed by atoms with van der Waals surface area (Å²) >= 11 is 3.40. The molecule has 108 valence electrons. The fourth-order valence-corrected chi connectivity index (χ4v) is 4.61. The Labute approximate surface area is 130 Å². The maximum absolute atomic E-state index is 9.83. The van der Waals surface area contributed by atoms with Gasteiger partial charge in [0.25, 0.3) is 0 Å². The number of aliphatic hydroxyl groups excluding tert-OH is 1. The Hall–Kier alpha value is -1.50. The molecule has 0 amide bonds. The molecule has 1 saturated heterocycles. The van der Waals surface area contributed by atoms with Crippen molar-refractivity contribution in [1.29, 1.82) is 0 Å². The van der Waals surface area contributed by atoms with Gasteiger partial charge >= 0.3 is 0 Å². The number of aryl methyl sites for hydroxylation is 1. The maximum atomic E-state index is 9.83. The lowest BCUT2D eigenvalue weighted by molar-refractivity contribution is 0.198. The minimum absolute atomic E-state index is 0.251. The van der Waals surface area contributed by atoms with Crippen LogP contribution < -0.4 is 4.90 Å². The van der Waals surface area contributed by atoms with E-state index in [2.05, 4.69) is 37.8 Å². The summed E-state index contributed by atoms with van der Waals surface area (Å²) in [5, 5.41) is 15.2. The highest BCUT2D eigenvalue weighted by molar-refractivity contribution is 7.18. The number of aromatic nitrogens is 2. The first kappa shape index (κ1) is 13.2. The Balaban J connectivity index is 1.94. The maximum Gasteiger partial charge on any atom is 0.141 e. The van der Waals surface area contributed by atoms with Crippen molar-refractivity contribution < 1.29 is 5.11 Å². The molecule has 0 saturated carbocycles. The van der Waals surface area contributed by atoms with E-state index in [0.29, 0.717) is 6.54 Å². The van der Waals surface area contributed by atoms with Crippen LogP contribution >= 0.6 is 22.7 Å². The van der Waals surface area contributed by atoms with Gasteiger partial charge in [-0.15, -0.1) is 22.7 Å². The van der Waals surface area contributed by atoms with Crippen LogP contribution in [0.5, 0.6) is 0 Å². The van der Waals surface area contributed by atoms with Gasteiger partial charge in [-0.2, -0.15) is 0 Å². The zero-order valence-corrected chi connectivity index (χ0v) is 13.2. The summed E-state index contributed by atoms with van der Waals surface area (Å²) in [7, 11) is 0. The third-order valence-electron chi connectivity index (χ3n) is 3.78. The second-order valence-corrected chi connectivity index (χ2v) is 7.10. The fraction of sp³-hybridized carbons (Fsp3) is 0.333. The van der Waals surface area contributed by atoms with Crippen molar-refractivity contribution in [2.24, 2.45) is 0 Å². The molecule has 0 aliphatic carbocycles. The molecular weight excluding hydrogens is 302 g/mol. The van der Waals surface area contributed by atoms with Crippen LogP contribution in [0.1, 0.15) is 12.2 Å². The fourth-order valence-electron chi connectivity index (χ4n) is 2.80. The number of thiophene rings is 2. The minimum atomic E-state index is -0.251. The summed E-state index contributed by atoms with van der Waals surface area (Å²) in [6, 6.07) is 4.20. The van der Waals surface area contributed by atoms with E-state index in [4.69, 9.17) is 0 Å². The average Bonchev–Trinajstić information content (AvgIpc) is 3.15. The minimum Gasteiger partial charge on any atom is -0.391 e. The van der Waals surface area contributed by atoms with Crippen molar-refractivity contribution in [1.82, 2.24) is 9.97 Å².